The Bertz CT molecular complexity index is 976. The number of amides is 2. The summed E-state index contributed by atoms with van der Waals surface area (Å²) in [5, 5.41) is 5.28. The van der Waals surface area contributed by atoms with Gasteiger partial charge in [-0.1, -0.05) is 18.2 Å². The minimum atomic E-state index is -3.57. The molecule has 2 aromatic carbocycles. The number of aromatic nitrogens is 2. The van der Waals surface area contributed by atoms with Gasteiger partial charge in [0.25, 0.3) is 0 Å². The van der Waals surface area contributed by atoms with Crippen LogP contribution in [-0.4, -0.2) is 24.4 Å². The quantitative estimate of drug-likeness (QED) is 0.721. The molecule has 26 heavy (non-hydrogen) atoms. The normalized spacial score (nSPS) is 10.9. The van der Waals surface area contributed by atoms with Crippen LogP contribution in [0.3, 0.4) is 0 Å². The molecule has 0 aliphatic carbocycles. The number of benzene rings is 2. The van der Waals surface area contributed by atoms with E-state index in [9.17, 15) is 13.2 Å². The van der Waals surface area contributed by atoms with Crippen molar-refractivity contribution in [3.63, 3.8) is 0 Å². The molecule has 0 aliphatic rings. The highest BCUT2D eigenvalue weighted by molar-refractivity contribution is 7.91. The number of nitrogens with zero attached hydrogens (tertiary/aromatic N) is 2. The number of carbonyl (C=O) groups excluding carboxylic acids is 1. The van der Waals surface area contributed by atoms with E-state index in [1.807, 2.05) is 0 Å². The second kappa shape index (κ2) is 7.75. The van der Waals surface area contributed by atoms with Gasteiger partial charge >= 0.3 is 6.03 Å². The number of rotatable bonds is 5. The Hall–Kier alpha value is -3.26. The Morgan fingerprint density at radius 1 is 0.923 bits per heavy atom. The van der Waals surface area contributed by atoms with Gasteiger partial charge in [-0.2, -0.15) is 0 Å². The first-order valence-corrected chi connectivity index (χ1v) is 9.24. The zero-order chi connectivity index (χ0) is 18.4. The van der Waals surface area contributed by atoms with E-state index in [4.69, 9.17) is 0 Å². The third-order valence-electron chi connectivity index (χ3n) is 3.52. The summed E-state index contributed by atoms with van der Waals surface area (Å²) in [5.41, 5.74) is 1.11. The fourth-order valence-corrected chi connectivity index (χ4v) is 3.50. The number of carbonyl (C=O) groups is 1. The standard InChI is InChI=1S/C18H16N4O3S/c23-18(21-13-15-12-19-10-11-20-15)22-14-6-8-17(9-7-14)26(24,25)16-4-2-1-3-5-16/h1-12H,13H2,(H2,21,22,23). The van der Waals surface area contributed by atoms with Crippen LogP contribution >= 0.6 is 0 Å². The van der Waals surface area contributed by atoms with Crippen LogP contribution in [0.1, 0.15) is 5.69 Å². The van der Waals surface area contributed by atoms with Crippen molar-refractivity contribution in [1.82, 2.24) is 15.3 Å². The number of anilines is 1. The van der Waals surface area contributed by atoms with Crippen LogP contribution in [0.15, 0.2) is 83.0 Å². The molecule has 132 valence electrons. The van der Waals surface area contributed by atoms with Crippen LogP contribution in [0, 0.1) is 0 Å². The van der Waals surface area contributed by atoms with Crippen LogP contribution < -0.4 is 10.6 Å². The van der Waals surface area contributed by atoms with Crippen molar-refractivity contribution in [3.05, 3.63) is 78.9 Å². The lowest BCUT2D eigenvalue weighted by Crippen LogP contribution is -2.28. The Kier molecular flexibility index (Phi) is 5.23. The lowest BCUT2D eigenvalue weighted by atomic mass is 10.3. The predicted molar refractivity (Wildman–Crippen MR) is 96.2 cm³/mol. The molecule has 0 unspecified atom stereocenters. The van der Waals surface area contributed by atoms with Crippen LogP contribution in [-0.2, 0) is 16.4 Å². The van der Waals surface area contributed by atoms with Crippen molar-refractivity contribution >= 4 is 21.6 Å². The molecular formula is C18H16N4O3S. The molecule has 2 amide bonds. The largest absolute Gasteiger partial charge is 0.332 e. The summed E-state index contributed by atoms with van der Waals surface area (Å²) in [6, 6.07) is 13.8. The van der Waals surface area contributed by atoms with Crippen molar-refractivity contribution in [2.75, 3.05) is 5.32 Å². The van der Waals surface area contributed by atoms with E-state index < -0.39 is 15.9 Å². The lowest BCUT2D eigenvalue weighted by Gasteiger charge is -2.09. The Morgan fingerprint density at radius 2 is 1.62 bits per heavy atom. The fraction of sp³-hybridized carbons (Fsp3) is 0.0556. The first kappa shape index (κ1) is 17.6. The molecule has 0 bridgehead atoms. The summed E-state index contributed by atoms with van der Waals surface area (Å²) in [6.07, 6.45) is 4.65. The van der Waals surface area contributed by atoms with Crippen LogP contribution in [0.2, 0.25) is 0 Å². The molecule has 0 saturated heterocycles. The molecule has 7 nitrogen and oxygen atoms in total. The maximum atomic E-state index is 12.5. The molecule has 1 heterocycles. The van der Waals surface area contributed by atoms with Gasteiger partial charge in [0, 0.05) is 18.1 Å². The van der Waals surface area contributed by atoms with Gasteiger partial charge in [0.2, 0.25) is 9.84 Å². The summed E-state index contributed by atoms with van der Waals surface area (Å²) in [5.74, 6) is 0. The molecule has 2 N–H and O–H groups in total. The molecule has 8 heteroatoms. The number of sulfone groups is 1. The van der Waals surface area contributed by atoms with Gasteiger partial charge in [0.15, 0.2) is 0 Å². The third-order valence-corrected chi connectivity index (χ3v) is 5.31. The molecule has 3 rings (SSSR count). The topological polar surface area (TPSA) is 101 Å². The van der Waals surface area contributed by atoms with Crippen molar-refractivity contribution in [1.29, 1.82) is 0 Å². The first-order valence-electron chi connectivity index (χ1n) is 7.76. The number of urea groups is 1. The maximum absolute atomic E-state index is 12.5. The van der Waals surface area contributed by atoms with Gasteiger partial charge in [-0.05, 0) is 36.4 Å². The smallest absolute Gasteiger partial charge is 0.319 e. The molecule has 0 atom stereocenters. The summed E-state index contributed by atoms with van der Waals surface area (Å²) in [4.78, 5) is 20.3. The van der Waals surface area contributed by atoms with Crippen molar-refractivity contribution in [2.24, 2.45) is 0 Å². The number of nitrogens with one attached hydrogen (secondary N) is 2. The van der Waals surface area contributed by atoms with E-state index in [-0.39, 0.29) is 16.3 Å². The van der Waals surface area contributed by atoms with Gasteiger partial charge in [0.1, 0.15) is 0 Å². The summed E-state index contributed by atoms with van der Waals surface area (Å²) < 4.78 is 25.0. The fourth-order valence-electron chi connectivity index (χ4n) is 2.22. The zero-order valence-corrected chi connectivity index (χ0v) is 14.5. The maximum Gasteiger partial charge on any atom is 0.319 e. The Balaban J connectivity index is 1.63. The number of hydrogen-bond donors (Lipinski definition) is 2. The van der Waals surface area contributed by atoms with Gasteiger partial charge in [-0.15, -0.1) is 0 Å². The first-order chi connectivity index (χ1) is 12.6. The van der Waals surface area contributed by atoms with E-state index in [0.29, 0.717) is 11.4 Å². The summed E-state index contributed by atoms with van der Waals surface area (Å²) in [6.45, 7) is 0.236. The molecule has 0 spiro atoms. The predicted octanol–water partition coefficient (Wildman–Crippen LogP) is 2.63. The van der Waals surface area contributed by atoms with Crippen LogP contribution in [0.25, 0.3) is 0 Å². The van der Waals surface area contributed by atoms with Crippen LogP contribution in [0.5, 0.6) is 0 Å². The van der Waals surface area contributed by atoms with Gasteiger partial charge in [-0.3, -0.25) is 9.97 Å². The van der Waals surface area contributed by atoms with E-state index in [2.05, 4.69) is 20.6 Å². The molecule has 3 aromatic rings. The Labute approximate surface area is 151 Å². The zero-order valence-electron chi connectivity index (χ0n) is 13.7. The highest BCUT2D eigenvalue weighted by Gasteiger charge is 2.16. The highest BCUT2D eigenvalue weighted by atomic mass is 32.2. The average molecular weight is 368 g/mol. The SMILES string of the molecule is O=C(NCc1cnccn1)Nc1ccc(S(=O)(=O)c2ccccc2)cc1. The molecule has 0 radical (unpaired) electrons. The third kappa shape index (κ3) is 4.22. The van der Waals surface area contributed by atoms with Crippen LogP contribution in [0.4, 0.5) is 10.5 Å². The minimum absolute atomic E-state index is 0.161. The van der Waals surface area contributed by atoms with E-state index in [1.165, 1.54) is 24.3 Å². The lowest BCUT2D eigenvalue weighted by molar-refractivity contribution is 0.251. The second-order valence-electron chi connectivity index (χ2n) is 5.35. The molecule has 0 fully saturated rings. The van der Waals surface area contributed by atoms with Gasteiger partial charge in [-0.25, -0.2) is 13.2 Å². The van der Waals surface area contributed by atoms with Crippen molar-refractivity contribution in [3.8, 4) is 0 Å². The molecule has 0 aliphatic heterocycles. The van der Waals surface area contributed by atoms with Crippen molar-refractivity contribution < 1.29 is 13.2 Å². The molecule has 1 aromatic heterocycles. The minimum Gasteiger partial charge on any atom is -0.332 e. The summed E-state index contributed by atoms with van der Waals surface area (Å²) >= 11 is 0. The van der Waals surface area contributed by atoms with Gasteiger partial charge in [0.05, 0.1) is 28.2 Å². The number of hydrogen-bond acceptors (Lipinski definition) is 5. The highest BCUT2D eigenvalue weighted by Crippen LogP contribution is 2.22. The van der Waals surface area contributed by atoms with Gasteiger partial charge < -0.3 is 10.6 Å². The average Bonchev–Trinajstić information content (AvgIpc) is 2.68. The van der Waals surface area contributed by atoms with E-state index >= 15 is 0 Å². The monoisotopic (exact) mass is 368 g/mol. The summed E-state index contributed by atoms with van der Waals surface area (Å²) in [7, 11) is -3.57. The van der Waals surface area contributed by atoms with E-state index in [0.717, 1.165) is 0 Å². The second-order valence-corrected chi connectivity index (χ2v) is 7.29. The Morgan fingerprint density at radius 3 is 2.27 bits per heavy atom. The van der Waals surface area contributed by atoms with E-state index in [1.54, 1.807) is 48.9 Å². The molecular weight excluding hydrogens is 352 g/mol. The molecule has 0 saturated carbocycles. The van der Waals surface area contributed by atoms with Crippen molar-refractivity contribution in [2.45, 2.75) is 16.3 Å².